The highest BCUT2D eigenvalue weighted by Crippen LogP contribution is 2.50. The van der Waals surface area contributed by atoms with E-state index in [0.29, 0.717) is 0 Å². The SMILES string of the molecule is CN1C(=O)C(F)(F)C(F)(F)C(F)(F)C1=O. The first-order valence-electron chi connectivity index (χ1n) is 3.44. The van der Waals surface area contributed by atoms with E-state index in [2.05, 4.69) is 0 Å². The number of piperidine rings is 1. The van der Waals surface area contributed by atoms with E-state index in [4.69, 9.17) is 0 Å². The molecule has 3 nitrogen and oxygen atoms in total. The maximum atomic E-state index is 12.5. The summed E-state index contributed by atoms with van der Waals surface area (Å²) in [6, 6.07) is 0. The number of halogens is 6. The third kappa shape index (κ3) is 1.08. The second-order valence-electron chi connectivity index (χ2n) is 2.89. The van der Waals surface area contributed by atoms with Crippen LogP contribution in [0.15, 0.2) is 0 Å². The van der Waals surface area contributed by atoms with Crippen molar-refractivity contribution in [1.29, 1.82) is 0 Å². The number of amides is 2. The maximum absolute atomic E-state index is 12.5. The number of hydrogen-bond donors (Lipinski definition) is 0. The van der Waals surface area contributed by atoms with Crippen LogP contribution in [0.4, 0.5) is 26.3 Å². The third-order valence-corrected chi connectivity index (χ3v) is 1.94. The standard InChI is InChI=1S/C6H3F6NO2/c1-13-2(14)4(7,8)6(11,12)5(9,10)3(13)15/h1H3. The highest BCUT2D eigenvalue weighted by Gasteiger charge is 2.82. The summed E-state index contributed by atoms with van der Waals surface area (Å²) >= 11 is 0. The number of imide groups is 1. The van der Waals surface area contributed by atoms with E-state index in [0.717, 1.165) is 0 Å². The largest absolute Gasteiger partial charge is 0.393 e. The molecule has 0 N–H and O–H groups in total. The molecule has 1 rings (SSSR count). The van der Waals surface area contributed by atoms with Gasteiger partial charge in [-0.3, -0.25) is 14.5 Å². The van der Waals surface area contributed by atoms with Gasteiger partial charge in [-0.15, -0.1) is 0 Å². The zero-order valence-corrected chi connectivity index (χ0v) is 7.03. The molecule has 0 saturated carbocycles. The van der Waals surface area contributed by atoms with E-state index in [-0.39, 0.29) is 7.05 Å². The van der Waals surface area contributed by atoms with Crippen molar-refractivity contribution in [2.45, 2.75) is 17.8 Å². The van der Waals surface area contributed by atoms with Gasteiger partial charge in [0.15, 0.2) is 0 Å². The normalized spacial score (nSPS) is 28.1. The van der Waals surface area contributed by atoms with Crippen molar-refractivity contribution in [2.75, 3.05) is 7.05 Å². The molecule has 1 aliphatic rings. The van der Waals surface area contributed by atoms with Crippen molar-refractivity contribution >= 4 is 11.8 Å². The summed E-state index contributed by atoms with van der Waals surface area (Å²) in [6.07, 6.45) is 0. The molecule has 0 aromatic rings. The van der Waals surface area contributed by atoms with Crippen molar-refractivity contribution in [3.8, 4) is 0 Å². The average Bonchev–Trinajstić information content (AvgIpc) is 2.12. The van der Waals surface area contributed by atoms with Gasteiger partial charge in [0, 0.05) is 7.05 Å². The molecule has 86 valence electrons. The summed E-state index contributed by atoms with van der Waals surface area (Å²) in [6.45, 7) is 0. The van der Waals surface area contributed by atoms with Crippen molar-refractivity contribution in [2.24, 2.45) is 0 Å². The average molecular weight is 235 g/mol. The van der Waals surface area contributed by atoms with Crippen LogP contribution >= 0.6 is 0 Å². The predicted octanol–water partition coefficient (Wildman–Crippen LogP) is 0.891. The predicted molar refractivity (Wildman–Crippen MR) is 32.6 cm³/mol. The summed E-state index contributed by atoms with van der Waals surface area (Å²) in [7, 11) is 0.279. The zero-order chi connectivity index (χ0) is 12.2. The first-order chi connectivity index (χ1) is 6.48. The molecule has 0 spiro atoms. The summed E-state index contributed by atoms with van der Waals surface area (Å²) in [5.41, 5.74) is 0. The fourth-order valence-electron chi connectivity index (χ4n) is 0.979. The molecule has 0 unspecified atom stereocenters. The highest BCUT2D eigenvalue weighted by molar-refractivity contribution is 6.05. The summed E-state index contributed by atoms with van der Waals surface area (Å²) in [4.78, 5) is 20.3. The smallest absolute Gasteiger partial charge is 0.275 e. The first kappa shape index (κ1) is 11.8. The van der Waals surface area contributed by atoms with Crippen molar-refractivity contribution in [3.05, 3.63) is 0 Å². The van der Waals surface area contributed by atoms with Gasteiger partial charge in [-0.1, -0.05) is 0 Å². The molecule has 1 aliphatic heterocycles. The van der Waals surface area contributed by atoms with Crippen LogP contribution in [-0.4, -0.2) is 41.5 Å². The van der Waals surface area contributed by atoms with Crippen molar-refractivity contribution < 1.29 is 35.9 Å². The lowest BCUT2D eigenvalue weighted by atomic mass is 9.97. The molecule has 0 radical (unpaired) electrons. The first-order valence-corrected chi connectivity index (χ1v) is 3.44. The molecule has 0 atom stereocenters. The molecule has 1 heterocycles. The Morgan fingerprint density at radius 2 is 1.13 bits per heavy atom. The molecule has 1 saturated heterocycles. The van der Waals surface area contributed by atoms with Gasteiger partial charge < -0.3 is 0 Å². The Bertz CT molecular complexity index is 309. The minimum absolute atomic E-state index is 0.279. The number of carbonyl (C=O) groups is 2. The number of rotatable bonds is 0. The van der Waals surface area contributed by atoms with Crippen LogP contribution in [0.5, 0.6) is 0 Å². The molecule has 9 heteroatoms. The number of likely N-dealkylation sites (tertiary alicyclic amines) is 1. The van der Waals surface area contributed by atoms with E-state index >= 15 is 0 Å². The Morgan fingerprint density at radius 3 is 1.40 bits per heavy atom. The quantitative estimate of drug-likeness (QED) is 0.462. The monoisotopic (exact) mass is 235 g/mol. The minimum Gasteiger partial charge on any atom is -0.275 e. The number of carbonyl (C=O) groups excluding carboxylic acids is 2. The Kier molecular flexibility index (Phi) is 2.08. The van der Waals surface area contributed by atoms with Gasteiger partial charge in [0.05, 0.1) is 0 Å². The maximum Gasteiger partial charge on any atom is 0.393 e. The van der Waals surface area contributed by atoms with E-state index in [1.807, 2.05) is 0 Å². The van der Waals surface area contributed by atoms with Crippen LogP contribution in [0, 0.1) is 0 Å². The molecule has 0 aliphatic carbocycles. The lowest BCUT2D eigenvalue weighted by Gasteiger charge is -2.38. The van der Waals surface area contributed by atoms with Gasteiger partial charge in [0.25, 0.3) is 0 Å². The second kappa shape index (κ2) is 2.64. The highest BCUT2D eigenvalue weighted by atomic mass is 19.3. The van der Waals surface area contributed by atoms with E-state index < -0.39 is 34.5 Å². The number of hydrogen-bond acceptors (Lipinski definition) is 2. The Labute approximate surface area is 78.6 Å². The van der Waals surface area contributed by atoms with Crippen LogP contribution in [0.3, 0.4) is 0 Å². The number of alkyl halides is 6. The van der Waals surface area contributed by atoms with Crippen molar-refractivity contribution in [1.82, 2.24) is 4.90 Å². The molecular weight excluding hydrogens is 232 g/mol. The second-order valence-corrected chi connectivity index (χ2v) is 2.89. The fraction of sp³-hybridized carbons (Fsp3) is 0.667. The van der Waals surface area contributed by atoms with Gasteiger partial charge in [0.2, 0.25) is 0 Å². The lowest BCUT2D eigenvalue weighted by molar-refractivity contribution is -0.304. The zero-order valence-electron chi connectivity index (χ0n) is 7.03. The molecule has 0 bridgehead atoms. The molecule has 0 aromatic heterocycles. The van der Waals surface area contributed by atoms with Crippen molar-refractivity contribution in [3.63, 3.8) is 0 Å². The van der Waals surface area contributed by atoms with Gasteiger partial charge in [-0.05, 0) is 0 Å². The van der Waals surface area contributed by atoms with Crippen LogP contribution in [0.25, 0.3) is 0 Å². The Balaban J connectivity index is 3.40. The molecule has 0 aromatic carbocycles. The summed E-state index contributed by atoms with van der Waals surface area (Å²) < 4.78 is 75.0. The van der Waals surface area contributed by atoms with E-state index in [1.165, 1.54) is 0 Å². The Hall–Kier alpha value is -1.28. The molecule has 1 fully saturated rings. The van der Waals surface area contributed by atoms with Gasteiger partial charge >= 0.3 is 29.6 Å². The number of nitrogens with zero attached hydrogens (tertiary/aromatic N) is 1. The van der Waals surface area contributed by atoms with Gasteiger partial charge in [0.1, 0.15) is 0 Å². The van der Waals surface area contributed by atoms with E-state index in [1.54, 1.807) is 0 Å². The van der Waals surface area contributed by atoms with E-state index in [9.17, 15) is 35.9 Å². The minimum atomic E-state index is -6.01. The molecule has 2 amide bonds. The fourth-order valence-corrected chi connectivity index (χ4v) is 0.979. The van der Waals surface area contributed by atoms with Gasteiger partial charge in [-0.2, -0.15) is 26.3 Å². The van der Waals surface area contributed by atoms with Crippen LogP contribution in [0.2, 0.25) is 0 Å². The van der Waals surface area contributed by atoms with Crippen LogP contribution in [-0.2, 0) is 9.59 Å². The Morgan fingerprint density at radius 1 is 0.867 bits per heavy atom. The van der Waals surface area contributed by atoms with Crippen LogP contribution in [0.1, 0.15) is 0 Å². The topological polar surface area (TPSA) is 37.4 Å². The summed E-state index contributed by atoms with van der Waals surface area (Å²) in [5, 5.41) is 0. The third-order valence-electron chi connectivity index (χ3n) is 1.94. The molecule has 15 heavy (non-hydrogen) atoms. The lowest BCUT2D eigenvalue weighted by Crippen LogP contribution is -2.71. The summed E-state index contributed by atoms with van der Waals surface area (Å²) in [5.74, 6) is -22.5. The van der Waals surface area contributed by atoms with Crippen LogP contribution < -0.4 is 0 Å². The van der Waals surface area contributed by atoms with Gasteiger partial charge in [-0.25, -0.2) is 0 Å². The molecular formula is C6H3F6NO2.